The van der Waals surface area contributed by atoms with Gasteiger partial charge in [-0.3, -0.25) is 0 Å². The summed E-state index contributed by atoms with van der Waals surface area (Å²) in [7, 11) is 0.136. The third-order valence-corrected chi connectivity index (χ3v) is 8.03. The van der Waals surface area contributed by atoms with Gasteiger partial charge in [-0.2, -0.15) is 28.0 Å². The Kier molecular flexibility index (Phi) is 5.95. The second-order valence-electron chi connectivity index (χ2n) is 9.12. The zero-order chi connectivity index (χ0) is 26.6. The van der Waals surface area contributed by atoms with Gasteiger partial charge in [-0.05, 0) is 32.9 Å². The number of hydrogen-bond acceptors (Lipinski definition) is 8. The first-order chi connectivity index (χ1) is 16.7. The molecule has 0 radical (unpaired) electrons. The second-order valence-corrected chi connectivity index (χ2v) is 11.5. The van der Waals surface area contributed by atoms with Crippen LogP contribution in [-0.2, 0) is 23.0 Å². The van der Waals surface area contributed by atoms with Crippen molar-refractivity contribution in [2.24, 2.45) is 11.4 Å². The fourth-order valence-electron chi connectivity index (χ4n) is 3.71. The molecule has 1 unspecified atom stereocenters. The quantitative estimate of drug-likeness (QED) is 0.370. The van der Waals surface area contributed by atoms with E-state index >= 15 is 0 Å². The molecule has 0 aliphatic rings. The van der Waals surface area contributed by atoms with E-state index in [9.17, 15) is 22.6 Å². The van der Waals surface area contributed by atoms with Gasteiger partial charge < -0.3 is 9.47 Å². The molecule has 10 nitrogen and oxygen atoms in total. The third-order valence-electron chi connectivity index (χ3n) is 5.98. The lowest BCUT2D eigenvalue weighted by molar-refractivity contribution is -0.141. The maximum atomic E-state index is 13.8. The molecule has 14 heteroatoms. The molecule has 0 amide bonds. The van der Waals surface area contributed by atoms with E-state index in [4.69, 9.17) is 0 Å². The smallest absolute Gasteiger partial charge is 0.355 e. The number of hydrogen-bond donors (Lipinski definition) is 0. The SMILES string of the molecule is CCS(=O)(=NC#N)c1nn2c(N(C)C(C)(C)C)ccnc2c1-c1nc2cc(C(F)(F)F)ncc2n1C. The minimum absolute atomic E-state index is 0.0174. The monoisotopic (exact) mass is 519 g/mol. The first kappa shape index (κ1) is 25.4. The molecular weight excluding hydrogens is 495 g/mol. The Morgan fingerprint density at radius 3 is 2.53 bits per heavy atom. The van der Waals surface area contributed by atoms with Crippen molar-refractivity contribution < 1.29 is 17.4 Å². The Morgan fingerprint density at radius 1 is 1.25 bits per heavy atom. The summed E-state index contributed by atoms with van der Waals surface area (Å²) < 4.78 is 60.3. The molecule has 0 N–H and O–H groups in total. The molecule has 0 spiro atoms. The van der Waals surface area contributed by atoms with Crippen LogP contribution in [0.5, 0.6) is 0 Å². The van der Waals surface area contributed by atoms with E-state index in [0.29, 0.717) is 11.3 Å². The summed E-state index contributed by atoms with van der Waals surface area (Å²) in [6.07, 6.45) is -0.381. The Balaban J connectivity index is 2.14. The largest absolute Gasteiger partial charge is 0.433 e. The first-order valence-electron chi connectivity index (χ1n) is 10.9. The number of pyridine rings is 1. The Bertz CT molecular complexity index is 1650. The molecule has 0 saturated heterocycles. The zero-order valence-corrected chi connectivity index (χ0v) is 21.3. The standard InChI is InChI=1S/C22H24F3N9OS/c1-7-36(35,29-12-26)20-17(18-27-9-8-16(34(18)31-20)33(6)21(2,3)4)19-30-13-10-15(22(23,24)25)28-11-14(13)32(19)5/h8-11H,7H2,1-6H3. The lowest BCUT2D eigenvalue weighted by Crippen LogP contribution is -2.39. The summed E-state index contributed by atoms with van der Waals surface area (Å²) >= 11 is 0. The average Bonchev–Trinajstić information content (AvgIpc) is 3.35. The predicted molar refractivity (Wildman–Crippen MR) is 129 cm³/mol. The van der Waals surface area contributed by atoms with Crippen molar-refractivity contribution in [1.82, 2.24) is 29.1 Å². The van der Waals surface area contributed by atoms with Crippen molar-refractivity contribution in [2.75, 3.05) is 17.7 Å². The molecule has 190 valence electrons. The van der Waals surface area contributed by atoms with Crippen LogP contribution < -0.4 is 4.90 Å². The van der Waals surface area contributed by atoms with Crippen LogP contribution in [0.25, 0.3) is 28.1 Å². The number of anilines is 1. The molecule has 0 fully saturated rings. The van der Waals surface area contributed by atoms with Gasteiger partial charge in [0.25, 0.3) is 0 Å². The van der Waals surface area contributed by atoms with Crippen molar-refractivity contribution in [3.63, 3.8) is 0 Å². The molecule has 4 aromatic heterocycles. The molecule has 0 saturated carbocycles. The van der Waals surface area contributed by atoms with E-state index in [1.54, 1.807) is 32.4 Å². The topological polar surface area (TPSA) is 117 Å². The van der Waals surface area contributed by atoms with E-state index in [1.165, 1.54) is 9.08 Å². The first-order valence-corrected chi connectivity index (χ1v) is 12.6. The summed E-state index contributed by atoms with van der Waals surface area (Å²) in [4.78, 5) is 14.4. The molecule has 1 atom stereocenters. The van der Waals surface area contributed by atoms with Crippen molar-refractivity contribution in [2.45, 2.75) is 44.4 Å². The van der Waals surface area contributed by atoms with Crippen LogP contribution >= 0.6 is 0 Å². The number of rotatable bonds is 4. The lowest BCUT2D eigenvalue weighted by Gasteiger charge is -2.33. The summed E-state index contributed by atoms with van der Waals surface area (Å²) in [6, 6.07) is 2.59. The maximum absolute atomic E-state index is 13.8. The van der Waals surface area contributed by atoms with Crippen molar-refractivity contribution in [3.8, 4) is 17.6 Å². The summed E-state index contributed by atoms with van der Waals surface area (Å²) in [5.74, 6) is 0.772. The highest BCUT2D eigenvalue weighted by atomic mass is 32.2. The number of halogens is 3. The molecule has 4 aromatic rings. The summed E-state index contributed by atoms with van der Waals surface area (Å²) in [5, 5.41) is 13.8. The molecule has 0 aromatic carbocycles. The zero-order valence-electron chi connectivity index (χ0n) is 20.5. The lowest BCUT2D eigenvalue weighted by atomic mass is 10.1. The highest BCUT2D eigenvalue weighted by molar-refractivity contribution is 7.93. The number of fused-ring (bicyclic) bond motifs is 2. The molecule has 0 aliphatic carbocycles. The number of aromatic nitrogens is 6. The Hall–Kier alpha value is -3.73. The van der Waals surface area contributed by atoms with E-state index in [1.807, 2.05) is 32.7 Å². The van der Waals surface area contributed by atoms with Crippen LogP contribution in [0.15, 0.2) is 33.9 Å². The van der Waals surface area contributed by atoms with Crippen molar-refractivity contribution in [3.05, 3.63) is 30.2 Å². The summed E-state index contributed by atoms with van der Waals surface area (Å²) in [6.45, 7) is 7.62. The van der Waals surface area contributed by atoms with Crippen molar-refractivity contribution >= 4 is 32.2 Å². The second kappa shape index (κ2) is 8.44. The van der Waals surface area contributed by atoms with E-state index in [0.717, 1.165) is 12.3 Å². The van der Waals surface area contributed by atoms with Crippen molar-refractivity contribution in [1.29, 1.82) is 5.26 Å². The highest BCUT2D eigenvalue weighted by Crippen LogP contribution is 2.36. The molecule has 36 heavy (non-hydrogen) atoms. The van der Waals surface area contributed by atoms with Gasteiger partial charge in [0.05, 0.1) is 22.8 Å². The normalized spacial score (nSPS) is 14.1. The number of alkyl halides is 3. The van der Waals surface area contributed by atoms with E-state index in [-0.39, 0.29) is 38.9 Å². The molecule has 4 heterocycles. The molecule has 4 rings (SSSR count). The van der Waals surface area contributed by atoms with Crippen LogP contribution in [0.4, 0.5) is 19.0 Å². The Labute approximate surface area is 205 Å². The van der Waals surface area contributed by atoms with Gasteiger partial charge in [0.15, 0.2) is 10.7 Å². The predicted octanol–water partition coefficient (Wildman–Crippen LogP) is 4.26. The fourth-order valence-corrected chi connectivity index (χ4v) is 5.04. The third kappa shape index (κ3) is 4.02. The Morgan fingerprint density at radius 2 is 1.94 bits per heavy atom. The number of nitriles is 1. The van der Waals surface area contributed by atoms with E-state index < -0.39 is 21.6 Å². The van der Waals surface area contributed by atoms with Crippen LogP contribution in [0.3, 0.4) is 0 Å². The fraction of sp³-hybridized carbons (Fsp3) is 0.409. The van der Waals surface area contributed by atoms with Crippen LogP contribution in [0.1, 0.15) is 33.4 Å². The number of aryl methyl sites for hydroxylation is 1. The number of nitrogens with zero attached hydrogens (tertiary/aromatic N) is 9. The molecule has 0 aliphatic heterocycles. The van der Waals surface area contributed by atoms with Gasteiger partial charge in [-0.25, -0.2) is 19.2 Å². The minimum atomic E-state index is -4.64. The van der Waals surface area contributed by atoms with Gasteiger partial charge in [0.2, 0.25) is 6.19 Å². The minimum Gasteiger partial charge on any atom is -0.355 e. The van der Waals surface area contributed by atoms with E-state index in [2.05, 4.69) is 24.4 Å². The van der Waals surface area contributed by atoms with Gasteiger partial charge in [0, 0.05) is 31.6 Å². The average molecular weight is 520 g/mol. The van der Waals surface area contributed by atoms with Gasteiger partial charge in [-0.1, -0.05) is 6.92 Å². The van der Waals surface area contributed by atoms with Crippen LogP contribution in [-0.4, -0.2) is 51.7 Å². The number of imidazole rings is 1. The van der Waals surface area contributed by atoms with Gasteiger partial charge in [-0.15, -0.1) is 4.36 Å². The van der Waals surface area contributed by atoms with Crippen LogP contribution in [0.2, 0.25) is 0 Å². The molecular formula is C22H24F3N9OS. The van der Waals surface area contributed by atoms with Gasteiger partial charge in [0.1, 0.15) is 27.1 Å². The maximum Gasteiger partial charge on any atom is 0.433 e. The molecule has 0 bridgehead atoms. The van der Waals surface area contributed by atoms with Gasteiger partial charge >= 0.3 is 6.18 Å². The summed E-state index contributed by atoms with van der Waals surface area (Å²) in [5.41, 5.74) is -0.535. The highest BCUT2D eigenvalue weighted by Gasteiger charge is 2.34. The van der Waals surface area contributed by atoms with Crippen LogP contribution in [0, 0.1) is 11.5 Å².